The second kappa shape index (κ2) is 7.10. The van der Waals surface area contributed by atoms with Gasteiger partial charge in [-0.2, -0.15) is 0 Å². The molecule has 2 aromatic carbocycles. The first-order valence-electron chi connectivity index (χ1n) is 9.01. The highest BCUT2D eigenvalue weighted by molar-refractivity contribution is 5.97. The van der Waals surface area contributed by atoms with Crippen LogP contribution < -0.4 is 16.4 Å². The Balaban J connectivity index is 1.60. The largest absolute Gasteiger partial charge is 0.277 e. The van der Waals surface area contributed by atoms with Crippen LogP contribution in [0.15, 0.2) is 47.3 Å². The van der Waals surface area contributed by atoms with Gasteiger partial charge in [0, 0.05) is 18.7 Å². The molecule has 9 heteroatoms. The number of anilines is 1. The third kappa shape index (κ3) is 2.96. The Kier molecular flexibility index (Phi) is 4.48. The number of amides is 1. The van der Waals surface area contributed by atoms with E-state index in [-0.39, 0.29) is 17.4 Å². The monoisotopic (exact) mass is 377 g/mol. The van der Waals surface area contributed by atoms with Crippen molar-refractivity contribution < 1.29 is 4.79 Å². The van der Waals surface area contributed by atoms with Crippen molar-refractivity contribution in [3.8, 4) is 0 Å². The van der Waals surface area contributed by atoms with Gasteiger partial charge in [0.05, 0.1) is 16.4 Å². The Bertz CT molecular complexity index is 1240. The number of aryl methyl sites for hydroxylation is 1. The summed E-state index contributed by atoms with van der Waals surface area (Å²) in [5, 5.41) is 8.65. The topological polar surface area (TPSA) is 107 Å². The molecule has 0 aliphatic rings. The molecule has 142 valence electrons. The Labute approximate surface area is 160 Å². The van der Waals surface area contributed by atoms with Crippen LogP contribution in [-0.2, 0) is 13.1 Å². The van der Waals surface area contributed by atoms with Gasteiger partial charge in [-0.3, -0.25) is 25.0 Å². The summed E-state index contributed by atoms with van der Waals surface area (Å²) in [7, 11) is 0. The van der Waals surface area contributed by atoms with Gasteiger partial charge in [0.15, 0.2) is 0 Å². The fraction of sp³-hybridized carbons (Fsp3) is 0.211. The predicted molar refractivity (Wildman–Crippen MR) is 106 cm³/mol. The first-order chi connectivity index (χ1) is 13.6. The lowest BCUT2D eigenvalue weighted by molar-refractivity contribution is 0.0962. The minimum atomic E-state index is -0.363. The van der Waals surface area contributed by atoms with Crippen molar-refractivity contribution in [3.63, 3.8) is 0 Å². The summed E-state index contributed by atoms with van der Waals surface area (Å²) in [6.07, 6.45) is 0. The lowest BCUT2D eigenvalue weighted by atomic mass is 10.2. The number of nitrogens with zero attached hydrogens (tertiary/aromatic N) is 5. The van der Waals surface area contributed by atoms with Crippen LogP contribution in [0, 0.1) is 0 Å². The SMILES string of the molecule is CCn1c(NNC(=O)c2ccc3c(c2)nnn3CC)nc2ccccc2c1=O. The van der Waals surface area contributed by atoms with Gasteiger partial charge in [-0.1, -0.05) is 17.3 Å². The van der Waals surface area contributed by atoms with Crippen LogP contribution in [0.5, 0.6) is 0 Å². The number of carbonyl (C=O) groups excluding carboxylic acids is 1. The summed E-state index contributed by atoms with van der Waals surface area (Å²) < 4.78 is 3.23. The van der Waals surface area contributed by atoms with Crippen molar-refractivity contribution >= 4 is 33.8 Å². The van der Waals surface area contributed by atoms with Crippen LogP contribution in [0.2, 0.25) is 0 Å². The van der Waals surface area contributed by atoms with E-state index in [2.05, 4.69) is 26.1 Å². The summed E-state index contributed by atoms with van der Waals surface area (Å²) in [5.41, 5.74) is 7.70. The molecular formula is C19H19N7O2. The number of hydrogen-bond donors (Lipinski definition) is 2. The first kappa shape index (κ1) is 17.7. The lowest BCUT2D eigenvalue weighted by Crippen LogP contribution is -2.34. The van der Waals surface area contributed by atoms with Gasteiger partial charge in [-0.05, 0) is 44.2 Å². The third-order valence-corrected chi connectivity index (χ3v) is 4.54. The lowest BCUT2D eigenvalue weighted by Gasteiger charge is -2.14. The number of para-hydroxylation sites is 1. The van der Waals surface area contributed by atoms with Gasteiger partial charge in [-0.15, -0.1) is 5.10 Å². The second-order valence-corrected chi connectivity index (χ2v) is 6.19. The van der Waals surface area contributed by atoms with Crippen molar-refractivity contribution in [3.05, 3.63) is 58.4 Å². The third-order valence-electron chi connectivity index (χ3n) is 4.54. The highest BCUT2D eigenvalue weighted by Gasteiger charge is 2.13. The number of fused-ring (bicyclic) bond motifs is 2. The smallest absolute Gasteiger partial charge is 0.269 e. The summed E-state index contributed by atoms with van der Waals surface area (Å²) in [5.74, 6) is -0.0874. The molecule has 0 saturated carbocycles. The highest BCUT2D eigenvalue weighted by atomic mass is 16.2. The van der Waals surface area contributed by atoms with Gasteiger partial charge in [0.25, 0.3) is 11.5 Å². The molecule has 0 aliphatic heterocycles. The molecule has 9 nitrogen and oxygen atoms in total. The average Bonchev–Trinajstić information content (AvgIpc) is 3.14. The Morgan fingerprint density at radius 2 is 1.89 bits per heavy atom. The number of aromatic nitrogens is 5. The predicted octanol–water partition coefficient (Wildman–Crippen LogP) is 1.94. The zero-order valence-corrected chi connectivity index (χ0v) is 15.5. The van der Waals surface area contributed by atoms with Crippen molar-refractivity contribution in [1.82, 2.24) is 30.0 Å². The van der Waals surface area contributed by atoms with E-state index in [1.807, 2.05) is 26.0 Å². The molecule has 0 atom stereocenters. The van der Waals surface area contributed by atoms with Gasteiger partial charge in [0.2, 0.25) is 5.95 Å². The van der Waals surface area contributed by atoms with Crippen molar-refractivity contribution in [2.45, 2.75) is 26.9 Å². The number of hydrogen-bond acceptors (Lipinski definition) is 6. The van der Waals surface area contributed by atoms with E-state index in [1.54, 1.807) is 35.0 Å². The first-order valence-corrected chi connectivity index (χ1v) is 9.01. The molecular weight excluding hydrogens is 358 g/mol. The maximum absolute atomic E-state index is 12.6. The summed E-state index contributed by atoms with van der Waals surface area (Å²) in [6.45, 7) is 4.94. The van der Waals surface area contributed by atoms with Crippen LogP contribution in [-0.4, -0.2) is 30.5 Å². The van der Waals surface area contributed by atoms with E-state index < -0.39 is 0 Å². The van der Waals surface area contributed by atoms with Gasteiger partial charge in [0.1, 0.15) is 5.52 Å². The fourth-order valence-electron chi connectivity index (χ4n) is 3.09. The Hall–Kier alpha value is -3.75. The minimum Gasteiger partial charge on any atom is -0.277 e. The summed E-state index contributed by atoms with van der Waals surface area (Å²) >= 11 is 0. The van der Waals surface area contributed by atoms with E-state index in [4.69, 9.17) is 0 Å². The van der Waals surface area contributed by atoms with E-state index in [0.717, 1.165) is 5.52 Å². The molecule has 28 heavy (non-hydrogen) atoms. The number of hydrazine groups is 1. The number of rotatable bonds is 5. The number of nitrogens with one attached hydrogen (secondary N) is 2. The second-order valence-electron chi connectivity index (χ2n) is 6.19. The standard InChI is InChI=1S/C19H19N7O2/c1-3-25-18(28)13-7-5-6-8-14(13)20-19(25)23-22-17(27)12-9-10-16-15(11-12)21-24-26(16)4-2/h5-11H,3-4H2,1-2H3,(H,20,23)(H,22,27). The van der Waals surface area contributed by atoms with Gasteiger partial charge < -0.3 is 0 Å². The summed E-state index contributed by atoms with van der Waals surface area (Å²) in [6, 6.07) is 12.3. The molecule has 0 aliphatic carbocycles. The van der Waals surface area contributed by atoms with Crippen molar-refractivity contribution in [2.24, 2.45) is 0 Å². The minimum absolute atomic E-state index is 0.164. The molecule has 4 rings (SSSR count). The number of carbonyl (C=O) groups is 1. The molecule has 1 amide bonds. The van der Waals surface area contributed by atoms with Crippen LogP contribution in [0.25, 0.3) is 21.9 Å². The summed E-state index contributed by atoms with van der Waals surface area (Å²) in [4.78, 5) is 29.6. The Morgan fingerprint density at radius 1 is 1.07 bits per heavy atom. The molecule has 0 bridgehead atoms. The van der Waals surface area contributed by atoms with E-state index >= 15 is 0 Å². The van der Waals surface area contributed by atoms with E-state index in [0.29, 0.717) is 35.1 Å². The molecule has 2 heterocycles. The van der Waals surface area contributed by atoms with E-state index in [9.17, 15) is 9.59 Å². The molecule has 2 aromatic heterocycles. The molecule has 4 aromatic rings. The zero-order chi connectivity index (χ0) is 19.7. The van der Waals surface area contributed by atoms with Crippen LogP contribution >= 0.6 is 0 Å². The molecule has 0 fully saturated rings. The van der Waals surface area contributed by atoms with Crippen LogP contribution in [0.4, 0.5) is 5.95 Å². The van der Waals surface area contributed by atoms with Gasteiger partial charge in [-0.25, -0.2) is 9.67 Å². The van der Waals surface area contributed by atoms with Gasteiger partial charge >= 0.3 is 0 Å². The molecule has 2 N–H and O–H groups in total. The fourth-order valence-corrected chi connectivity index (χ4v) is 3.09. The zero-order valence-electron chi connectivity index (χ0n) is 15.5. The van der Waals surface area contributed by atoms with E-state index in [1.165, 1.54) is 4.57 Å². The number of benzene rings is 2. The maximum atomic E-state index is 12.6. The quantitative estimate of drug-likeness (QED) is 0.515. The van der Waals surface area contributed by atoms with Crippen LogP contribution in [0.1, 0.15) is 24.2 Å². The Morgan fingerprint density at radius 3 is 2.68 bits per heavy atom. The maximum Gasteiger partial charge on any atom is 0.269 e. The normalized spacial score (nSPS) is 11.1. The van der Waals surface area contributed by atoms with Crippen LogP contribution in [0.3, 0.4) is 0 Å². The van der Waals surface area contributed by atoms with Crippen molar-refractivity contribution in [1.29, 1.82) is 0 Å². The average molecular weight is 377 g/mol. The molecule has 0 unspecified atom stereocenters. The highest BCUT2D eigenvalue weighted by Crippen LogP contribution is 2.14. The molecule has 0 spiro atoms. The molecule has 0 radical (unpaired) electrons. The molecule has 0 saturated heterocycles. The van der Waals surface area contributed by atoms with Crippen molar-refractivity contribution in [2.75, 3.05) is 5.43 Å².